The van der Waals surface area contributed by atoms with Gasteiger partial charge < -0.3 is 0 Å². The molecule has 1 unspecified atom stereocenters. The van der Waals surface area contributed by atoms with Gasteiger partial charge in [-0.25, -0.2) is 0 Å². The minimum atomic E-state index is 0.176. The predicted octanol–water partition coefficient (Wildman–Crippen LogP) is 2.11. The van der Waals surface area contributed by atoms with Gasteiger partial charge in [0.05, 0.1) is 0 Å². The van der Waals surface area contributed by atoms with E-state index in [0.29, 0.717) is 5.78 Å². The first kappa shape index (κ1) is 8.12. The van der Waals surface area contributed by atoms with Gasteiger partial charge in [0.2, 0.25) is 0 Å². The highest BCUT2D eigenvalue weighted by molar-refractivity contribution is 8.00. The third kappa shape index (κ3) is 1.36. The zero-order valence-electron chi connectivity index (χ0n) is 6.81. The summed E-state index contributed by atoms with van der Waals surface area (Å²) in [5.41, 5.74) is 0. The second-order valence-corrected chi connectivity index (χ2v) is 5.14. The number of ketones is 1. The second kappa shape index (κ2) is 2.57. The fraction of sp³-hybridized carbons (Fsp3) is 0.875. The molecule has 0 N–H and O–H groups in total. The summed E-state index contributed by atoms with van der Waals surface area (Å²) in [7, 11) is 0. The maximum atomic E-state index is 11.2. The summed E-state index contributed by atoms with van der Waals surface area (Å²) in [6.07, 6.45) is 0.773. The molecule has 0 radical (unpaired) electrons. The Morgan fingerprint density at radius 2 is 2.20 bits per heavy atom. The van der Waals surface area contributed by atoms with Crippen LogP contribution in [0.1, 0.15) is 27.2 Å². The Morgan fingerprint density at radius 3 is 2.60 bits per heavy atom. The summed E-state index contributed by atoms with van der Waals surface area (Å²) in [4.78, 5) is 11.2. The van der Waals surface area contributed by atoms with Crippen molar-refractivity contribution in [1.29, 1.82) is 0 Å². The second-order valence-electron chi connectivity index (χ2n) is 3.39. The molecular weight excluding hydrogens is 144 g/mol. The minimum absolute atomic E-state index is 0.176. The van der Waals surface area contributed by atoms with Crippen molar-refractivity contribution in [3.05, 3.63) is 0 Å². The van der Waals surface area contributed by atoms with Gasteiger partial charge >= 0.3 is 0 Å². The molecule has 1 rings (SSSR count). The highest BCUT2D eigenvalue weighted by atomic mass is 32.2. The van der Waals surface area contributed by atoms with Gasteiger partial charge in [-0.05, 0) is 0 Å². The van der Waals surface area contributed by atoms with Crippen LogP contribution in [0.2, 0.25) is 0 Å². The van der Waals surface area contributed by atoms with E-state index in [1.165, 1.54) is 0 Å². The molecule has 1 aliphatic rings. The molecule has 0 saturated carbocycles. The Labute approximate surface area is 66.6 Å². The number of carbonyl (C=O) groups is 1. The first-order valence-corrected chi connectivity index (χ1v) is 4.69. The van der Waals surface area contributed by atoms with Crippen LogP contribution in [0.3, 0.4) is 0 Å². The molecule has 1 atom stereocenters. The molecule has 0 aromatic carbocycles. The SMILES string of the molecule is CC1C(=O)CCSC1(C)C. The van der Waals surface area contributed by atoms with Crippen LogP contribution in [0.5, 0.6) is 0 Å². The fourth-order valence-electron chi connectivity index (χ4n) is 1.14. The summed E-state index contributed by atoms with van der Waals surface area (Å²) < 4.78 is 0.176. The Bertz CT molecular complexity index is 151. The molecule has 1 heterocycles. The molecule has 1 saturated heterocycles. The fourth-order valence-corrected chi connectivity index (χ4v) is 2.35. The van der Waals surface area contributed by atoms with Gasteiger partial charge in [-0.15, -0.1) is 0 Å². The lowest BCUT2D eigenvalue weighted by Gasteiger charge is -2.34. The van der Waals surface area contributed by atoms with Crippen LogP contribution in [0.4, 0.5) is 0 Å². The normalized spacial score (nSPS) is 32.3. The van der Waals surface area contributed by atoms with Gasteiger partial charge in [0.25, 0.3) is 0 Å². The molecule has 58 valence electrons. The molecule has 1 nitrogen and oxygen atoms in total. The molecule has 2 heteroatoms. The number of thioether (sulfide) groups is 1. The number of carbonyl (C=O) groups excluding carboxylic acids is 1. The number of Topliss-reactive ketones (excluding diaryl/α,β-unsaturated/α-hetero) is 1. The summed E-state index contributed by atoms with van der Waals surface area (Å²) in [5, 5.41) is 0. The first-order valence-electron chi connectivity index (χ1n) is 3.71. The Kier molecular flexibility index (Phi) is 2.09. The van der Waals surface area contributed by atoms with E-state index in [1.807, 2.05) is 18.7 Å². The predicted molar refractivity (Wildman–Crippen MR) is 45.3 cm³/mol. The molecule has 0 amide bonds. The standard InChI is InChI=1S/C8H14OS/c1-6-7(9)4-5-10-8(6,2)3/h6H,4-5H2,1-3H3. The molecule has 0 bridgehead atoms. The third-order valence-electron chi connectivity index (χ3n) is 2.35. The number of hydrogen-bond acceptors (Lipinski definition) is 2. The van der Waals surface area contributed by atoms with E-state index in [0.717, 1.165) is 12.2 Å². The van der Waals surface area contributed by atoms with E-state index in [2.05, 4.69) is 13.8 Å². The highest BCUT2D eigenvalue weighted by Gasteiger charge is 2.34. The van der Waals surface area contributed by atoms with Crippen LogP contribution in [0.25, 0.3) is 0 Å². The molecule has 0 aromatic heterocycles. The van der Waals surface area contributed by atoms with E-state index in [-0.39, 0.29) is 10.7 Å². The van der Waals surface area contributed by atoms with E-state index in [9.17, 15) is 4.79 Å². The zero-order chi connectivity index (χ0) is 7.78. The van der Waals surface area contributed by atoms with E-state index < -0.39 is 0 Å². The zero-order valence-corrected chi connectivity index (χ0v) is 7.62. The van der Waals surface area contributed by atoms with Crippen LogP contribution in [0, 0.1) is 5.92 Å². The first-order chi connectivity index (χ1) is 4.54. The largest absolute Gasteiger partial charge is 0.299 e. The van der Waals surface area contributed by atoms with Crippen LogP contribution in [-0.4, -0.2) is 16.3 Å². The van der Waals surface area contributed by atoms with Gasteiger partial charge in [0.1, 0.15) is 5.78 Å². The Morgan fingerprint density at radius 1 is 1.60 bits per heavy atom. The summed E-state index contributed by atoms with van der Waals surface area (Å²) in [5.74, 6) is 1.69. The van der Waals surface area contributed by atoms with Crippen molar-refractivity contribution in [2.24, 2.45) is 5.92 Å². The molecule has 1 fully saturated rings. The number of hydrogen-bond donors (Lipinski definition) is 0. The molecule has 1 aliphatic heterocycles. The lowest BCUT2D eigenvalue weighted by atomic mass is 9.91. The van der Waals surface area contributed by atoms with Crippen molar-refractivity contribution < 1.29 is 4.79 Å². The van der Waals surface area contributed by atoms with Gasteiger partial charge in [-0.2, -0.15) is 11.8 Å². The maximum absolute atomic E-state index is 11.2. The average Bonchev–Trinajstić information content (AvgIpc) is 1.83. The lowest BCUT2D eigenvalue weighted by Crippen LogP contribution is -2.36. The van der Waals surface area contributed by atoms with Gasteiger partial charge in [-0.3, -0.25) is 4.79 Å². The molecule has 0 aromatic rings. The van der Waals surface area contributed by atoms with Crippen molar-refractivity contribution in [2.45, 2.75) is 31.9 Å². The van der Waals surface area contributed by atoms with Gasteiger partial charge in [-0.1, -0.05) is 20.8 Å². The summed E-state index contributed by atoms with van der Waals surface area (Å²) in [6.45, 7) is 6.34. The quantitative estimate of drug-likeness (QED) is 0.537. The average molecular weight is 158 g/mol. The van der Waals surface area contributed by atoms with E-state index >= 15 is 0 Å². The van der Waals surface area contributed by atoms with Gasteiger partial charge in [0, 0.05) is 22.8 Å². The highest BCUT2D eigenvalue weighted by Crippen LogP contribution is 2.37. The van der Waals surface area contributed by atoms with Crippen molar-refractivity contribution in [3.63, 3.8) is 0 Å². The minimum Gasteiger partial charge on any atom is -0.299 e. The van der Waals surface area contributed by atoms with Crippen molar-refractivity contribution in [3.8, 4) is 0 Å². The number of rotatable bonds is 0. The van der Waals surface area contributed by atoms with Crippen LogP contribution in [-0.2, 0) is 4.79 Å². The van der Waals surface area contributed by atoms with Crippen molar-refractivity contribution in [2.75, 3.05) is 5.75 Å². The van der Waals surface area contributed by atoms with E-state index in [4.69, 9.17) is 0 Å². The van der Waals surface area contributed by atoms with E-state index in [1.54, 1.807) is 0 Å². The van der Waals surface area contributed by atoms with Gasteiger partial charge in [0.15, 0.2) is 0 Å². The molecule has 0 spiro atoms. The van der Waals surface area contributed by atoms with Crippen molar-refractivity contribution in [1.82, 2.24) is 0 Å². The molecular formula is C8H14OS. The Hall–Kier alpha value is 0.0200. The monoisotopic (exact) mass is 158 g/mol. The summed E-state index contributed by atoms with van der Waals surface area (Å²) >= 11 is 1.91. The smallest absolute Gasteiger partial charge is 0.137 e. The Balaban J connectivity index is 2.69. The van der Waals surface area contributed by atoms with Crippen LogP contribution in [0.15, 0.2) is 0 Å². The topological polar surface area (TPSA) is 17.1 Å². The molecule has 0 aliphatic carbocycles. The van der Waals surface area contributed by atoms with Crippen molar-refractivity contribution >= 4 is 17.5 Å². The maximum Gasteiger partial charge on any atom is 0.137 e. The summed E-state index contributed by atoms with van der Waals surface area (Å²) in [6, 6.07) is 0. The van der Waals surface area contributed by atoms with Crippen LogP contribution >= 0.6 is 11.8 Å². The molecule has 10 heavy (non-hydrogen) atoms. The third-order valence-corrected chi connectivity index (χ3v) is 3.85. The lowest BCUT2D eigenvalue weighted by molar-refractivity contribution is -0.123. The van der Waals surface area contributed by atoms with Crippen LogP contribution < -0.4 is 0 Å².